The van der Waals surface area contributed by atoms with Crippen molar-refractivity contribution in [3.05, 3.63) is 59.4 Å². The van der Waals surface area contributed by atoms with Gasteiger partial charge >= 0.3 is 0 Å². The number of carbonyl (C=O) groups excluding carboxylic acids is 1. The zero-order valence-electron chi connectivity index (χ0n) is 14.0. The molecule has 0 saturated heterocycles. The number of anilines is 1. The van der Waals surface area contributed by atoms with Gasteiger partial charge < -0.3 is 21.2 Å². The molecule has 0 aliphatic heterocycles. The molecule has 1 aromatic carbocycles. The number of pyridine rings is 1. The Morgan fingerprint density at radius 2 is 2.04 bits per heavy atom. The molecule has 4 N–H and O–H groups in total. The Hall–Kier alpha value is -3.15. The zero-order valence-corrected chi connectivity index (χ0v) is 14.0. The topological polar surface area (TPSA) is 101 Å². The summed E-state index contributed by atoms with van der Waals surface area (Å²) in [5.74, 6) is 0.119. The molecule has 1 heterocycles. The smallest absolute Gasteiger partial charge is 0.255 e. The average molecular weight is 336 g/mol. The fourth-order valence-corrected chi connectivity index (χ4v) is 2.49. The number of carbonyl (C=O) groups is 1. The minimum atomic E-state index is -0.202. The monoisotopic (exact) mass is 336 g/mol. The predicted octanol–water partition coefficient (Wildman–Crippen LogP) is 2.65. The van der Waals surface area contributed by atoms with Crippen LogP contribution in [-0.4, -0.2) is 29.8 Å². The van der Waals surface area contributed by atoms with Crippen LogP contribution in [0, 0.1) is 5.41 Å². The third kappa shape index (κ3) is 3.85. The summed E-state index contributed by atoms with van der Waals surface area (Å²) >= 11 is 0. The minimum absolute atomic E-state index is 0.173. The van der Waals surface area contributed by atoms with E-state index in [1.54, 1.807) is 36.7 Å². The lowest BCUT2D eigenvalue weighted by Crippen LogP contribution is -2.26. The van der Waals surface area contributed by atoms with Crippen LogP contribution in [0.5, 0.6) is 5.75 Å². The normalized spacial score (nSPS) is 13.6. The lowest BCUT2D eigenvalue weighted by atomic mass is 10.0. The third-order valence-corrected chi connectivity index (χ3v) is 3.97. The van der Waals surface area contributed by atoms with Crippen LogP contribution in [-0.2, 0) is 0 Å². The first-order chi connectivity index (χ1) is 12.1. The maximum atomic E-state index is 12.4. The van der Waals surface area contributed by atoms with Gasteiger partial charge in [0.1, 0.15) is 5.75 Å². The SMILES string of the molecule is COc1c(C(=O)NC2CC2)ccc(N)c1C(=N)/C=C/c1ccncc1. The Balaban J connectivity index is 1.92. The highest BCUT2D eigenvalue weighted by atomic mass is 16.5. The van der Waals surface area contributed by atoms with Crippen LogP contribution in [0.1, 0.15) is 34.3 Å². The Morgan fingerprint density at radius 1 is 1.32 bits per heavy atom. The first-order valence-corrected chi connectivity index (χ1v) is 8.04. The lowest BCUT2D eigenvalue weighted by Gasteiger charge is -2.15. The number of ether oxygens (including phenoxy) is 1. The summed E-state index contributed by atoms with van der Waals surface area (Å²) in [5.41, 5.74) is 8.34. The number of aromatic nitrogens is 1. The molecule has 2 aromatic rings. The van der Waals surface area contributed by atoms with Gasteiger partial charge in [0.05, 0.1) is 23.9 Å². The molecule has 1 aromatic heterocycles. The van der Waals surface area contributed by atoms with E-state index < -0.39 is 0 Å². The summed E-state index contributed by atoms with van der Waals surface area (Å²) in [7, 11) is 1.48. The molecular formula is C19H20N4O2. The molecule has 1 saturated carbocycles. The highest BCUT2D eigenvalue weighted by Crippen LogP contribution is 2.31. The van der Waals surface area contributed by atoms with Crippen molar-refractivity contribution in [1.82, 2.24) is 10.3 Å². The van der Waals surface area contributed by atoms with Crippen LogP contribution in [0.2, 0.25) is 0 Å². The molecule has 0 unspecified atom stereocenters. The Kier molecular flexibility index (Phi) is 4.79. The number of nitrogens with zero attached hydrogens (tertiary/aromatic N) is 1. The number of allylic oxidation sites excluding steroid dienone is 1. The summed E-state index contributed by atoms with van der Waals surface area (Å²) in [4.78, 5) is 16.4. The van der Waals surface area contributed by atoms with E-state index >= 15 is 0 Å². The molecule has 0 bridgehead atoms. The van der Waals surface area contributed by atoms with E-state index in [9.17, 15) is 4.79 Å². The molecule has 1 aliphatic rings. The highest BCUT2D eigenvalue weighted by Gasteiger charge is 2.26. The first-order valence-electron chi connectivity index (χ1n) is 8.04. The van der Waals surface area contributed by atoms with Crippen molar-refractivity contribution < 1.29 is 9.53 Å². The second-order valence-corrected chi connectivity index (χ2v) is 5.89. The standard InChI is InChI=1S/C19H20N4O2/c1-25-18-14(19(24)23-13-3-4-13)5-7-16(21)17(18)15(20)6-2-12-8-10-22-11-9-12/h2,5-11,13,20H,3-4,21H2,1H3,(H,23,24)/b6-2+,20-15?. The van der Waals surface area contributed by atoms with Gasteiger partial charge in [0.25, 0.3) is 5.91 Å². The summed E-state index contributed by atoms with van der Waals surface area (Å²) in [6, 6.07) is 7.18. The van der Waals surface area contributed by atoms with Gasteiger partial charge in [-0.25, -0.2) is 0 Å². The van der Waals surface area contributed by atoms with E-state index in [1.807, 2.05) is 12.1 Å². The minimum Gasteiger partial charge on any atom is -0.495 e. The lowest BCUT2D eigenvalue weighted by molar-refractivity contribution is 0.0948. The number of hydrogen-bond donors (Lipinski definition) is 3. The van der Waals surface area contributed by atoms with Gasteiger partial charge in [-0.2, -0.15) is 0 Å². The molecule has 1 aliphatic carbocycles. The van der Waals surface area contributed by atoms with Crippen molar-refractivity contribution in [1.29, 1.82) is 5.41 Å². The molecule has 0 atom stereocenters. The third-order valence-electron chi connectivity index (χ3n) is 3.97. The van der Waals surface area contributed by atoms with Crippen molar-refractivity contribution in [2.24, 2.45) is 0 Å². The van der Waals surface area contributed by atoms with Crippen LogP contribution in [0.3, 0.4) is 0 Å². The van der Waals surface area contributed by atoms with Gasteiger partial charge in [-0.3, -0.25) is 9.78 Å². The Bertz CT molecular complexity index is 827. The van der Waals surface area contributed by atoms with Gasteiger partial charge in [0.2, 0.25) is 0 Å². The van der Waals surface area contributed by atoms with Crippen molar-refractivity contribution >= 4 is 23.4 Å². The van der Waals surface area contributed by atoms with E-state index in [1.165, 1.54) is 7.11 Å². The zero-order chi connectivity index (χ0) is 17.8. The van der Waals surface area contributed by atoms with Crippen LogP contribution < -0.4 is 15.8 Å². The number of amides is 1. The summed E-state index contributed by atoms with van der Waals surface area (Å²) < 4.78 is 5.43. The van der Waals surface area contributed by atoms with E-state index in [0.29, 0.717) is 22.6 Å². The van der Waals surface area contributed by atoms with E-state index in [2.05, 4.69) is 10.3 Å². The summed E-state index contributed by atoms with van der Waals surface area (Å²) in [6.07, 6.45) is 8.79. The van der Waals surface area contributed by atoms with Crippen LogP contribution in [0.4, 0.5) is 5.69 Å². The molecule has 6 nitrogen and oxygen atoms in total. The first kappa shape index (κ1) is 16.7. The van der Waals surface area contributed by atoms with Crippen molar-refractivity contribution in [3.8, 4) is 5.75 Å². The highest BCUT2D eigenvalue weighted by molar-refractivity contribution is 6.15. The summed E-state index contributed by atoms with van der Waals surface area (Å²) in [5, 5.41) is 11.3. The Labute approximate surface area is 146 Å². The van der Waals surface area contributed by atoms with Gasteiger partial charge in [0.15, 0.2) is 0 Å². The van der Waals surface area contributed by atoms with Crippen molar-refractivity contribution in [2.75, 3.05) is 12.8 Å². The number of nitrogen functional groups attached to an aromatic ring is 1. The second kappa shape index (κ2) is 7.17. The van der Waals surface area contributed by atoms with Gasteiger partial charge in [0, 0.05) is 24.1 Å². The van der Waals surface area contributed by atoms with E-state index in [-0.39, 0.29) is 17.7 Å². The number of nitrogens with two attached hydrogens (primary N) is 1. The fourth-order valence-electron chi connectivity index (χ4n) is 2.49. The number of hydrogen-bond acceptors (Lipinski definition) is 5. The quantitative estimate of drug-likeness (QED) is 0.557. The molecule has 1 fully saturated rings. The van der Waals surface area contributed by atoms with Crippen LogP contribution in [0.15, 0.2) is 42.7 Å². The molecule has 1 amide bonds. The molecule has 25 heavy (non-hydrogen) atoms. The number of benzene rings is 1. The molecule has 0 spiro atoms. The van der Waals surface area contributed by atoms with Crippen LogP contribution in [0.25, 0.3) is 6.08 Å². The van der Waals surface area contributed by atoms with E-state index in [4.69, 9.17) is 15.9 Å². The molecule has 3 rings (SSSR count). The molecule has 128 valence electrons. The van der Waals surface area contributed by atoms with Crippen molar-refractivity contribution in [2.45, 2.75) is 18.9 Å². The maximum Gasteiger partial charge on any atom is 0.255 e. The molecular weight excluding hydrogens is 316 g/mol. The largest absolute Gasteiger partial charge is 0.495 e. The van der Waals surface area contributed by atoms with Crippen LogP contribution >= 0.6 is 0 Å². The van der Waals surface area contributed by atoms with Gasteiger partial charge in [-0.05, 0) is 48.7 Å². The van der Waals surface area contributed by atoms with Gasteiger partial charge in [-0.1, -0.05) is 6.08 Å². The maximum absolute atomic E-state index is 12.4. The molecule has 0 radical (unpaired) electrons. The summed E-state index contributed by atoms with van der Waals surface area (Å²) in [6.45, 7) is 0. The number of methoxy groups -OCH3 is 1. The second-order valence-electron chi connectivity index (χ2n) is 5.89. The molecule has 6 heteroatoms. The van der Waals surface area contributed by atoms with Crippen molar-refractivity contribution in [3.63, 3.8) is 0 Å². The predicted molar refractivity (Wildman–Crippen MR) is 98.0 cm³/mol. The van der Waals surface area contributed by atoms with Gasteiger partial charge in [-0.15, -0.1) is 0 Å². The number of rotatable bonds is 6. The fraction of sp³-hybridized carbons (Fsp3) is 0.211. The van der Waals surface area contributed by atoms with E-state index in [0.717, 1.165) is 18.4 Å². The average Bonchev–Trinajstić information content (AvgIpc) is 3.44. The Morgan fingerprint density at radius 3 is 2.68 bits per heavy atom. The number of nitrogens with one attached hydrogen (secondary N) is 2.